The van der Waals surface area contributed by atoms with Gasteiger partial charge in [-0.15, -0.1) is 0 Å². The molecule has 0 atom stereocenters. The maximum atomic E-state index is 14.5. The van der Waals surface area contributed by atoms with E-state index in [-0.39, 0.29) is 11.6 Å². The highest BCUT2D eigenvalue weighted by Gasteiger charge is 2.30. The second-order valence-corrected chi connectivity index (χ2v) is 10.4. The van der Waals surface area contributed by atoms with Crippen LogP contribution in [0.25, 0.3) is 11.3 Å². The number of pyridine rings is 1. The van der Waals surface area contributed by atoms with Crippen LogP contribution in [0.15, 0.2) is 47.3 Å². The number of halogens is 2. The van der Waals surface area contributed by atoms with Gasteiger partial charge in [-0.05, 0) is 78.4 Å². The van der Waals surface area contributed by atoms with Crippen LogP contribution in [0.5, 0.6) is 5.75 Å². The molecule has 0 aliphatic heterocycles. The van der Waals surface area contributed by atoms with E-state index in [4.69, 9.17) is 10.5 Å². The fraction of sp³-hybridized carbons (Fsp3) is 0.360. The van der Waals surface area contributed by atoms with Crippen molar-refractivity contribution in [3.8, 4) is 17.0 Å². The predicted octanol–water partition coefficient (Wildman–Crippen LogP) is 4.87. The summed E-state index contributed by atoms with van der Waals surface area (Å²) in [5.41, 5.74) is 8.98. The van der Waals surface area contributed by atoms with Crippen LogP contribution < -0.4 is 10.5 Å². The Labute approximate surface area is 211 Å². The lowest BCUT2D eigenvalue weighted by molar-refractivity contribution is 0.109. The zero-order valence-electron chi connectivity index (χ0n) is 19.9. The molecule has 0 spiro atoms. The van der Waals surface area contributed by atoms with Crippen LogP contribution >= 0.6 is 15.9 Å². The third kappa shape index (κ3) is 5.22. The molecule has 1 aliphatic carbocycles. The van der Waals surface area contributed by atoms with E-state index in [1.165, 1.54) is 29.8 Å². The highest BCUT2D eigenvalue weighted by atomic mass is 79.9. The molecule has 3 heterocycles. The summed E-state index contributed by atoms with van der Waals surface area (Å²) in [5, 5.41) is 13.8. The van der Waals surface area contributed by atoms with E-state index in [0.29, 0.717) is 23.4 Å². The van der Waals surface area contributed by atoms with E-state index in [0.717, 1.165) is 33.8 Å². The van der Waals surface area contributed by atoms with Crippen molar-refractivity contribution in [2.45, 2.75) is 45.3 Å². The monoisotopic (exact) mass is 539 g/mol. The molecule has 0 unspecified atom stereocenters. The SMILES string of the molecule is Cn1nc(Cc2cnn(CC3CC3)c2)c(-c2ccc(F)cc2C(C)(C)Oc2cc(Br)cnc2N)n1. The largest absolute Gasteiger partial charge is 0.479 e. The van der Waals surface area contributed by atoms with Crippen molar-refractivity contribution in [2.75, 3.05) is 5.73 Å². The minimum atomic E-state index is -0.946. The number of nitrogen functional groups attached to an aromatic ring is 1. The standard InChI is InChI=1S/C25H27BrFN7O/c1-25(2,35-22-9-17(26)12-29-24(22)28)20-10-18(27)6-7-19(20)23-21(31-33(3)32-23)8-16-11-30-34(14-16)13-15-4-5-15/h6-7,9-12,14-15H,4-5,8,13H2,1-3H3,(H2,28,29). The van der Waals surface area contributed by atoms with Gasteiger partial charge in [0.25, 0.3) is 0 Å². The third-order valence-electron chi connectivity index (χ3n) is 6.08. The van der Waals surface area contributed by atoms with Gasteiger partial charge in [0.15, 0.2) is 11.6 Å². The van der Waals surface area contributed by atoms with Gasteiger partial charge in [0.05, 0.1) is 11.9 Å². The van der Waals surface area contributed by atoms with Crippen LogP contribution in [0, 0.1) is 11.7 Å². The van der Waals surface area contributed by atoms with Crippen LogP contribution in [0.4, 0.5) is 10.2 Å². The molecule has 2 N–H and O–H groups in total. The lowest BCUT2D eigenvalue weighted by atomic mass is 9.90. The molecule has 35 heavy (non-hydrogen) atoms. The Hall–Kier alpha value is -3.27. The summed E-state index contributed by atoms with van der Waals surface area (Å²) < 4.78 is 23.5. The number of nitrogens with two attached hydrogens (primary N) is 1. The molecule has 0 amide bonds. The number of hydrogen-bond acceptors (Lipinski definition) is 6. The zero-order chi connectivity index (χ0) is 24.7. The second kappa shape index (κ2) is 9.07. The van der Waals surface area contributed by atoms with E-state index < -0.39 is 5.60 Å². The highest BCUT2D eigenvalue weighted by molar-refractivity contribution is 9.10. The van der Waals surface area contributed by atoms with Crippen molar-refractivity contribution in [1.29, 1.82) is 0 Å². The minimum absolute atomic E-state index is 0.252. The molecule has 3 aromatic heterocycles. The number of rotatable bonds is 8. The number of aromatic nitrogens is 6. The molecular formula is C25H27BrFN7O. The first-order valence-corrected chi connectivity index (χ1v) is 12.3. The molecule has 4 aromatic rings. The van der Waals surface area contributed by atoms with Gasteiger partial charge in [0.1, 0.15) is 17.1 Å². The first-order valence-electron chi connectivity index (χ1n) is 11.5. The molecule has 1 aromatic carbocycles. The molecule has 10 heteroatoms. The van der Waals surface area contributed by atoms with Gasteiger partial charge < -0.3 is 10.5 Å². The van der Waals surface area contributed by atoms with E-state index in [1.807, 2.05) is 24.7 Å². The number of aryl methyl sites for hydroxylation is 1. The topological polar surface area (TPSA) is 96.7 Å². The number of ether oxygens (including phenoxy) is 1. The fourth-order valence-electron chi connectivity index (χ4n) is 4.20. The Bertz CT molecular complexity index is 1380. The van der Waals surface area contributed by atoms with Crippen LogP contribution in [0.3, 0.4) is 0 Å². The lowest BCUT2D eigenvalue weighted by Gasteiger charge is -2.29. The van der Waals surface area contributed by atoms with Crippen LogP contribution in [0.1, 0.15) is 43.5 Å². The number of benzene rings is 1. The molecule has 182 valence electrons. The van der Waals surface area contributed by atoms with Crippen molar-refractivity contribution >= 4 is 21.7 Å². The normalized spacial score (nSPS) is 13.9. The molecule has 1 fully saturated rings. The van der Waals surface area contributed by atoms with Gasteiger partial charge in [-0.3, -0.25) is 4.68 Å². The Morgan fingerprint density at radius 1 is 1.20 bits per heavy atom. The first kappa shape index (κ1) is 23.5. The summed E-state index contributed by atoms with van der Waals surface area (Å²) in [4.78, 5) is 5.68. The minimum Gasteiger partial charge on any atom is -0.479 e. The summed E-state index contributed by atoms with van der Waals surface area (Å²) in [7, 11) is 1.78. The average Bonchev–Trinajstić information content (AvgIpc) is 3.38. The fourth-order valence-corrected chi connectivity index (χ4v) is 4.51. The van der Waals surface area contributed by atoms with E-state index in [2.05, 4.69) is 42.4 Å². The number of nitrogens with zero attached hydrogens (tertiary/aromatic N) is 6. The second-order valence-electron chi connectivity index (χ2n) is 9.51. The molecular weight excluding hydrogens is 513 g/mol. The van der Waals surface area contributed by atoms with E-state index >= 15 is 0 Å². The summed E-state index contributed by atoms with van der Waals surface area (Å²) in [5.74, 6) is 1.03. The predicted molar refractivity (Wildman–Crippen MR) is 134 cm³/mol. The molecule has 1 saturated carbocycles. The van der Waals surface area contributed by atoms with Gasteiger partial charge in [-0.25, -0.2) is 9.37 Å². The highest BCUT2D eigenvalue weighted by Crippen LogP contribution is 2.38. The quantitative estimate of drug-likeness (QED) is 0.343. The molecule has 5 rings (SSSR count). The molecule has 0 bridgehead atoms. The van der Waals surface area contributed by atoms with Crippen LogP contribution in [-0.2, 0) is 25.6 Å². The third-order valence-corrected chi connectivity index (χ3v) is 6.52. The lowest BCUT2D eigenvalue weighted by Crippen LogP contribution is -2.27. The van der Waals surface area contributed by atoms with Crippen molar-refractivity contribution in [3.05, 3.63) is 70.0 Å². The number of anilines is 1. The molecule has 8 nitrogen and oxygen atoms in total. The van der Waals surface area contributed by atoms with Crippen molar-refractivity contribution in [2.24, 2.45) is 13.0 Å². The first-order chi connectivity index (χ1) is 16.7. The number of hydrogen-bond donors (Lipinski definition) is 1. The Balaban J connectivity index is 1.50. The summed E-state index contributed by atoms with van der Waals surface area (Å²) >= 11 is 3.40. The average molecular weight is 540 g/mol. The van der Waals surface area contributed by atoms with Gasteiger partial charge >= 0.3 is 0 Å². The van der Waals surface area contributed by atoms with E-state index in [9.17, 15) is 4.39 Å². The maximum Gasteiger partial charge on any atom is 0.166 e. The summed E-state index contributed by atoms with van der Waals surface area (Å²) in [6.45, 7) is 4.68. The Morgan fingerprint density at radius 2 is 2.00 bits per heavy atom. The van der Waals surface area contributed by atoms with E-state index in [1.54, 1.807) is 25.4 Å². The Morgan fingerprint density at radius 3 is 2.77 bits per heavy atom. The molecule has 0 saturated heterocycles. The van der Waals surface area contributed by atoms with Crippen LogP contribution in [0.2, 0.25) is 0 Å². The smallest absolute Gasteiger partial charge is 0.166 e. The summed E-state index contributed by atoms with van der Waals surface area (Å²) in [6, 6.07) is 6.37. The van der Waals surface area contributed by atoms with Gasteiger partial charge in [0, 0.05) is 48.0 Å². The Kier molecular flexibility index (Phi) is 6.08. The van der Waals surface area contributed by atoms with Crippen molar-refractivity contribution in [1.82, 2.24) is 29.8 Å². The summed E-state index contributed by atoms with van der Waals surface area (Å²) in [6.07, 6.45) is 8.66. The zero-order valence-corrected chi connectivity index (χ0v) is 21.5. The molecule has 0 radical (unpaired) electrons. The molecule has 1 aliphatic rings. The van der Waals surface area contributed by atoms with Crippen molar-refractivity contribution in [3.63, 3.8) is 0 Å². The van der Waals surface area contributed by atoms with Crippen molar-refractivity contribution < 1.29 is 9.13 Å². The van der Waals surface area contributed by atoms with Gasteiger partial charge in [0.2, 0.25) is 0 Å². The maximum absolute atomic E-state index is 14.5. The van der Waals surface area contributed by atoms with Crippen LogP contribution in [-0.4, -0.2) is 29.8 Å². The van der Waals surface area contributed by atoms with Gasteiger partial charge in [-0.2, -0.15) is 20.1 Å². The van der Waals surface area contributed by atoms with Gasteiger partial charge in [-0.1, -0.05) is 0 Å².